The first kappa shape index (κ1) is 13.5. The van der Waals surface area contributed by atoms with Gasteiger partial charge in [0.1, 0.15) is 0 Å². The molecule has 0 aliphatic carbocycles. The average molecular weight is 284 g/mol. The maximum absolute atomic E-state index is 12.3. The van der Waals surface area contributed by atoms with Crippen molar-refractivity contribution in [2.75, 3.05) is 19.2 Å². The van der Waals surface area contributed by atoms with E-state index in [1.54, 1.807) is 18.2 Å². The van der Waals surface area contributed by atoms with Crippen molar-refractivity contribution in [3.63, 3.8) is 0 Å². The SMILES string of the molecule is CNCc1ccccc1NC(=O)c1ccc2c(c1)OCO2. The van der Waals surface area contributed by atoms with E-state index in [0.29, 0.717) is 23.6 Å². The van der Waals surface area contributed by atoms with E-state index in [0.717, 1.165) is 11.3 Å². The number of ether oxygens (including phenoxy) is 2. The molecule has 5 heteroatoms. The molecule has 2 aromatic carbocycles. The first-order chi connectivity index (χ1) is 10.3. The van der Waals surface area contributed by atoms with Gasteiger partial charge in [-0.05, 0) is 36.9 Å². The molecule has 1 amide bonds. The van der Waals surface area contributed by atoms with E-state index in [1.165, 1.54) is 0 Å². The highest BCUT2D eigenvalue weighted by atomic mass is 16.7. The Morgan fingerprint density at radius 3 is 2.81 bits per heavy atom. The molecule has 0 radical (unpaired) electrons. The smallest absolute Gasteiger partial charge is 0.255 e. The highest BCUT2D eigenvalue weighted by Gasteiger charge is 2.16. The molecule has 3 rings (SSSR count). The third-order valence-corrected chi connectivity index (χ3v) is 3.27. The fourth-order valence-electron chi connectivity index (χ4n) is 2.22. The van der Waals surface area contributed by atoms with Gasteiger partial charge in [0.05, 0.1) is 0 Å². The molecule has 2 N–H and O–H groups in total. The minimum absolute atomic E-state index is 0.170. The molecule has 5 nitrogen and oxygen atoms in total. The Morgan fingerprint density at radius 1 is 1.14 bits per heavy atom. The van der Waals surface area contributed by atoms with Gasteiger partial charge in [0.2, 0.25) is 6.79 Å². The standard InChI is InChI=1S/C16H16N2O3/c1-17-9-12-4-2-3-5-13(12)18-16(19)11-6-7-14-15(8-11)21-10-20-14/h2-8,17H,9-10H2,1H3,(H,18,19). The van der Waals surface area contributed by atoms with Crippen LogP contribution >= 0.6 is 0 Å². The van der Waals surface area contributed by atoms with Crippen molar-refractivity contribution in [2.24, 2.45) is 0 Å². The summed E-state index contributed by atoms with van der Waals surface area (Å²) >= 11 is 0. The quantitative estimate of drug-likeness (QED) is 0.905. The van der Waals surface area contributed by atoms with E-state index in [2.05, 4.69) is 10.6 Å². The molecule has 0 spiro atoms. The van der Waals surface area contributed by atoms with Gasteiger partial charge in [0.15, 0.2) is 11.5 Å². The van der Waals surface area contributed by atoms with Gasteiger partial charge in [0.25, 0.3) is 5.91 Å². The second-order valence-corrected chi connectivity index (χ2v) is 4.71. The number of carbonyl (C=O) groups is 1. The van der Waals surface area contributed by atoms with E-state index in [9.17, 15) is 4.79 Å². The van der Waals surface area contributed by atoms with Crippen molar-refractivity contribution in [1.82, 2.24) is 5.32 Å². The molecule has 1 aliphatic rings. The van der Waals surface area contributed by atoms with Gasteiger partial charge in [-0.1, -0.05) is 18.2 Å². The summed E-state index contributed by atoms with van der Waals surface area (Å²) in [5.74, 6) is 1.10. The molecular formula is C16H16N2O3. The second kappa shape index (κ2) is 5.85. The third kappa shape index (κ3) is 2.83. The van der Waals surface area contributed by atoms with Crippen LogP contribution in [0.5, 0.6) is 11.5 Å². The Kier molecular flexibility index (Phi) is 3.75. The molecule has 0 bridgehead atoms. The molecule has 0 aromatic heterocycles. The van der Waals surface area contributed by atoms with Gasteiger partial charge >= 0.3 is 0 Å². The van der Waals surface area contributed by atoms with Gasteiger partial charge in [-0.15, -0.1) is 0 Å². The number of anilines is 1. The monoisotopic (exact) mass is 284 g/mol. The molecule has 2 aromatic rings. The fourth-order valence-corrected chi connectivity index (χ4v) is 2.22. The predicted molar refractivity (Wildman–Crippen MR) is 79.7 cm³/mol. The Bertz CT molecular complexity index is 670. The van der Waals surface area contributed by atoms with Crippen molar-refractivity contribution in [1.29, 1.82) is 0 Å². The van der Waals surface area contributed by atoms with Crippen molar-refractivity contribution in [2.45, 2.75) is 6.54 Å². The van der Waals surface area contributed by atoms with Crippen molar-refractivity contribution in [3.8, 4) is 11.5 Å². The summed E-state index contributed by atoms with van der Waals surface area (Å²) < 4.78 is 10.5. The van der Waals surface area contributed by atoms with Gasteiger partial charge in [-0.25, -0.2) is 0 Å². The molecule has 1 aliphatic heterocycles. The normalized spacial score (nSPS) is 12.2. The zero-order chi connectivity index (χ0) is 14.7. The fraction of sp³-hybridized carbons (Fsp3) is 0.188. The van der Waals surface area contributed by atoms with Crippen LogP contribution in [0.4, 0.5) is 5.69 Å². The average Bonchev–Trinajstić information content (AvgIpc) is 2.97. The van der Waals surface area contributed by atoms with Crippen LogP contribution < -0.4 is 20.1 Å². The van der Waals surface area contributed by atoms with E-state index < -0.39 is 0 Å². The molecule has 0 atom stereocenters. The molecule has 0 saturated carbocycles. The predicted octanol–water partition coefficient (Wildman–Crippen LogP) is 2.39. The molecule has 0 saturated heterocycles. The van der Waals surface area contributed by atoms with Crippen LogP contribution in [0.15, 0.2) is 42.5 Å². The third-order valence-electron chi connectivity index (χ3n) is 3.27. The number of rotatable bonds is 4. The lowest BCUT2D eigenvalue weighted by Crippen LogP contribution is -2.15. The number of fused-ring (bicyclic) bond motifs is 1. The van der Waals surface area contributed by atoms with Crippen LogP contribution in [-0.2, 0) is 6.54 Å². The van der Waals surface area contributed by atoms with Crippen LogP contribution in [-0.4, -0.2) is 19.7 Å². The van der Waals surface area contributed by atoms with Gasteiger partial charge in [0, 0.05) is 17.8 Å². The number of hydrogen-bond acceptors (Lipinski definition) is 4. The van der Waals surface area contributed by atoms with Gasteiger partial charge in [-0.2, -0.15) is 0 Å². The van der Waals surface area contributed by atoms with E-state index in [4.69, 9.17) is 9.47 Å². The summed E-state index contributed by atoms with van der Waals surface area (Å²) in [4.78, 5) is 12.3. The summed E-state index contributed by atoms with van der Waals surface area (Å²) in [7, 11) is 1.87. The van der Waals surface area contributed by atoms with Crippen molar-refractivity contribution >= 4 is 11.6 Å². The highest BCUT2D eigenvalue weighted by Crippen LogP contribution is 2.32. The Hall–Kier alpha value is -2.53. The Morgan fingerprint density at radius 2 is 1.95 bits per heavy atom. The number of nitrogens with one attached hydrogen (secondary N) is 2. The van der Waals surface area contributed by atoms with E-state index in [1.807, 2.05) is 31.3 Å². The zero-order valence-electron chi connectivity index (χ0n) is 11.7. The molecule has 1 heterocycles. The number of carbonyl (C=O) groups excluding carboxylic acids is 1. The molecule has 21 heavy (non-hydrogen) atoms. The summed E-state index contributed by atoms with van der Waals surface area (Å²) in [6, 6.07) is 12.9. The minimum atomic E-state index is -0.170. The van der Waals surface area contributed by atoms with Crippen molar-refractivity contribution in [3.05, 3.63) is 53.6 Å². The first-order valence-corrected chi connectivity index (χ1v) is 6.71. The summed E-state index contributed by atoms with van der Waals surface area (Å²) in [6.07, 6.45) is 0. The maximum atomic E-state index is 12.3. The lowest BCUT2D eigenvalue weighted by molar-refractivity contribution is 0.102. The van der Waals surface area contributed by atoms with Crippen LogP contribution in [0.3, 0.4) is 0 Å². The van der Waals surface area contributed by atoms with Crippen LogP contribution in [0.2, 0.25) is 0 Å². The lowest BCUT2D eigenvalue weighted by atomic mass is 10.1. The second-order valence-electron chi connectivity index (χ2n) is 4.71. The summed E-state index contributed by atoms with van der Waals surface area (Å²) in [5.41, 5.74) is 2.38. The molecule has 0 unspecified atom stereocenters. The van der Waals surface area contributed by atoms with Gasteiger partial charge < -0.3 is 20.1 Å². The number of hydrogen-bond donors (Lipinski definition) is 2. The maximum Gasteiger partial charge on any atom is 0.255 e. The van der Waals surface area contributed by atoms with Crippen LogP contribution in [0, 0.1) is 0 Å². The van der Waals surface area contributed by atoms with Crippen LogP contribution in [0.1, 0.15) is 15.9 Å². The largest absolute Gasteiger partial charge is 0.454 e. The molecular weight excluding hydrogens is 268 g/mol. The number of benzene rings is 2. The van der Waals surface area contributed by atoms with E-state index >= 15 is 0 Å². The van der Waals surface area contributed by atoms with Crippen molar-refractivity contribution < 1.29 is 14.3 Å². The summed E-state index contributed by atoms with van der Waals surface area (Å²) in [6.45, 7) is 0.892. The molecule has 0 fully saturated rings. The van der Waals surface area contributed by atoms with Crippen LogP contribution in [0.25, 0.3) is 0 Å². The van der Waals surface area contributed by atoms with E-state index in [-0.39, 0.29) is 12.7 Å². The Balaban J connectivity index is 1.80. The first-order valence-electron chi connectivity index (χ1n) is 6.71. The van der Waals surface area contributed by atoms with Gasteiger partial charge in [-0.3, -0.25) is 4.79 Å². The highest BCUT2D eigenvalue weighted by molar-refractivity contribution is 6.05. The topological polar surface area (TPSA) is 59.6 Å². The molecule has 108 valence electrons. The Labute approximate surface area is 122 Å². The lowest BCUT2D eigenvalue weighted by Gasteiger charge is -2.11. The summed E-state index contributed by atoms with van der Waals surface area (Å²) in [5, 5.41) is 6.01. The minimum Gasteiger partial charge on any atom is -0.454 e. The number of para-hydroxylation sites is 1. The number of amides is 1. The zero-order valence-corrected chi connectivity index (χ0v) is 11.7.